The van der Waals surface area contributed by atoms with E-state index in [4.69, 9.17) is 4.55 Å². The third-order valence-corrected chi connectivity index (χ3v) is 5.29. The molecule has 2 rings (SSSR count). The van der Waals surface area contributed by atoms with Gasteiger partial charge in [0.1, 0.15) is 0 Å². The molecule has 4 nitrogen and oxygen atoms in total. The Bertz CT molecular complexity index is 815. The Morgan fingerprint density at radius 3 is 2.05 bits per heavy atom. The third-order valence-electron chi connectivity index (χ3n) is 2.81. The molecule has 0 aromatic heterocycles. The Morgan fingerprint density at radius 2 is 1.55 bits per heavy atom. The number of hydrogen-bond donors (Lipinski definition) is 1. The van der Waals surface area contributed by atoms with Crippen molar-refractivity contribution >= 4 is 20.9 Å². The van der Waals surface area contributed by atoms with Gasteiger partial charge < -0.3 is 4.55 Å². The van der Waals surface area contributed by atoms with Crippen molar-refractivity contribution in [3.05, 3.63) is 54.1 Å². The van der Waals surface area contributed by atoms with Gasteiger partial charge in [0.2, 0.25) is 9.84 Å². The van der Waals surface area contributed by atoms with Crippen LogP contribution in [0.15, 0.2) is 63.2 Å². The van der Waals surface area contributed by atoms with Crippen molar-refractivity contribution in [1.29, 1.82) is 0 Å². The molecule has 0 fully saturated rings. The maximum absolute atomic E-state index is 12.8. The number of sulfone groups is 1. The van der Waals surface area contributed by atoms with E-state index in [0.29, 0.717) is 12.1 Å². The summed E-state index contributed by atoms with van der Waals surface area (Å²) in [7, 11) is -4.07. The first-order chi connectivity index (χ1) is 10.1. The van der Waals surface area contributed by atoms with E-state index in [9.17, 15) is 25.8 Å². The summed E-state index contributed by atoms with van der Waals surface area (Å²) in [5.74, 6) is 0. The summed E-state index contributed by atoms with van der Waals surface area (Å²) in [6, 6.07) is 8.89. The second-order valence-corrected chi connectivity index (χ2v) is 7.11. The van der Waals surface area contributed by atoms with Crippen LogP contribution >= 0.6 is 0 Å². The molecule has 2 aromatic carbocycles. The van der Waals surface area contributed by atoms with Gasteiger partial charge in [0.15, 0.2) is 11.1 Å². The van der Waals surface area contributed by atoms with Gasteiger partial charge in [0.25, 0.3) is 0 Å². The van der Waals surface area contributed by atoms with E-state index in [1.807, 2.05) is 0 Å². The van der Waals surface area contributed by atoms with Crippen molar-refractivity contribution < 1.29 is 30.4 Å². The molecule has 0 aliphatic heterocycles. The smallest absolute Gasteiger partial charge is 0.302 e. The normalized spacial score (nSPS) is 13.8. The molecular formula is C13H9F3O4S2. The molecular weight excluding hydrogens is 341 g/mol. The Labute approximate surface area is 126 Å². The van der Waals surface area contributed by atoms with E-state index in [-0.39, 0.29) is 4.90 Å². The maximum Gasteiger partial charge on any atom is 0.417 e. The van der Waals surface area contributed by atoms with E-state index in [2.05, 4.69) is 0 Å². The summed E-state index contributed by atoms with van der Waals surface area (Å²) >= 11 is -2.97. The van der Waals surface area contributed by atoms with Crippen molar-refractivity contribution in [2.24, 2.45) is 0 Å². The predicted octanol–water partition coefficient (Wildman–Crippen LogP) is 3.12. The van der Waals surface area contributed by atoms with Gasteiger partial charge in [-0.05, 0) is 30.3 Å². The molecule has 0 spiro atoms. The van der Waals surface area contributed by atoms with Gasteiger partial charge in [0, 0.05) is 0 Å². The lowest BCUT2D eigenvalue weighted by atomic mass is 10.2. The first-order valence-corrected chi connectivity index (χ1v) is 8.35. The molecule has 0 saturated heterocycles. The fourth-order valence-corrected chi connectivity index (χ4v) is 3.77. The van der Waals surface area contributed by atoms with Crippen molar-refractivity contribution in [3.63, 3.8) is 0 Å². The van der Waals surface area contributed by atoms with Crippen LogP contribution in [0.2, 0.25) is 0 Å². The molecule has 2 aromatic rings. The number of benzene rings is 2. The zero-order chi connectivity index (χ0) is 16.5. The molecule has 0 aliphatic carbocycles. The van der Waals surface area contributed by atoms with Gasteiger partial charge in [-0.1, -0.05) is 18.2 Å². The molecule has 118 valence electrons. The lowest BCUT2D eigenvalue weighted by molar-refractivity contribution is -0.139. The summed E-state index contributed by atoms with van der Waals surface area (Å²) in [4.78, 5) is -1.60. The van der Waals surface area contributed by atoms with Gasteiger partial charge in [-0.15, -0.1) is 0 Å². The average Bonchev–Trinajstić information content (AvgIpc) is 2.46. The van der Waals surface area contributed by atoms with Crippen molar-refractivity contribution in [3.8, 4) is 0 Å². The van der Waals surface area contributed by atoms with Crippen LogP contribution in [0.3, 0.4) is 0 Å². The van der Waals surface area contributed by atoms with Gasteiger partial charge in [-0.2, -0.15) is 13.2 Å². The molecule has 0 saturated carbocycles. The highest BCUT2D eigenvalue weighted by atomic mass is 32.2. The van der Waals surface area contributed by atoms with Crippen molar-refractivity contribution in [2.45, 2.75) is 20.9 Å². The molecule has 0 amide bonds. The number of rotatable bonds is 3. The highest BCUT2D eigenvalue weighted by molar-refractivity contribution is 7.91. The predicted molar refractivity (Wildman–Crippen MR) is 72.4 cm³/mol. The molecule has 0 heterocycles. The molecule has 1 unspecified atom stereocenters. The standard InChI is InChI=1S/C13H9F3O4S2/c14-13(15,16)11-7-6-10(8-12(11)21(17)18)22(19,20)9-4-2-1-3-5-9/h1-8H,(H,17,18). The van der Waals surface area contributed by atoms with Crippen LogP contribution in [0.1, 0.15) is 5.56 Å². The van der Waals surface area contributed by atoms with Gasteiger partial charge in [-0.25, -0.2) is 12.6 Å². The van der Waals surface area contributed by atoms with Gasteiger partial charge in [0.05, 0.1) is 20.2 Å². The highest BCUT2D eigenvalue weighted by Gasteiger charge is 2.36. The van der Waals surface area contributed by atoms with E-state index in [1.165, 1.54) is 24.3 Å². The summed E-state index contributed by atoms with van der Waals surface area (Å²) < 4.78 is 83.0. The quantitative estimate of drug-likeness (QED) is 0.864. The lowest BCUT2D eigenvalue weighted by Crippen LogP contribution is -2.12. The number of alkyl halides is 3. The zero-order valence-corrected chi connectivity index (χ0v) is 12.4. The van der Waals surface area contributed by atoms with Crippen LogP contribution in [0.4, 0.5) is 13.2 Å². The molecule has 0 aliphatic rings. The Morgan fingerprint density at radius 1 is 0.955 bits per heavy atom. The monoisotopic (exact) mass is 350 g/mol. The van der Waals surface area contributed by atoms with Gasteiger partial charge >= 0.3 is 6.18 Å². The second kappa shape index (κ2) is 5.82. The summed E-state index contributed by atoms with van der Waals surface area (Å²) in [6.45, 7) is 0. The van der Waals surface area contributed by atoms with E-state index < -0.39 is 42.4 Å². The summed E-state index contributed by atoms with van der Waals surface area (Å²) in [6.07, 6.45) is -4.86. The topological polar surface area (TPSA) is 71.4 Å². The highest BCUT2D eigenvalue weighted by Crippen LogP contribution is 2.35. The molecule has 22 heavy (non-hydrogen) atoms. The van der Waals surface area contributed by atoms with E-state index >= 15 is 0 Å². The minimum Gasteiger partial charge on any atom is -0.302 e. The second-order valence-electron chi connectivity index (χ2n) is 4.22. The Kier molecular flexibility index (Phi) is 4.41. The van der Waals surface area contributed by atoms with Crippen LogP contribution in [-0.2, 0) is 27.1 Å². The van der Waals surface area contributed by atoms with Crippen LogP contribution in [0.25, 0.3) is 0 Å². The number of halogens is 3. The van der Waals surface area contributed by atoms with E-state index in [0.717, 1.165) is 6.07 Å². The van der Waals surface area contributed by atoms with Gasteiger partial charge in [-0.3, -0.25) is 0 Å². The minimum absolute atomic E-state index is 0.121. The maximum atomic E-state index is 12.8. The zero-order valence-electron chi connectivity index (χ0n) is 10.7. The third kappa shape index (κ3) is 3.21. The molecule has 0 bridgehead atoms. The van der Waals surface area contributed by atoms with Crippen molar-refractivity contribution in [1.82, 2.24) is 0 Å². The average molecular weight is 350 g/mol. The van der Waals surface area contributed by atoms with E-state index in [1.54, 1.807) is 6.07 Å². The van der Waals surface area contributed by atoms with Crippen LogP contribution in [0.5, 0.6) is 0 Å². The van der Waals surface area contributed by atoms with Crippen LogP contribution in [-0.4, -0.2) is 17.2 Å². The summed E-state index contributed by atoms with van der Waals surface area (Å²) in [5.41, 5.74) is -1.35. The minimum atomic E-state index is -4.86. The Hall–Kier alpha value is -1.71. The first-order valence-electron chi connectivity index (χ1n) is 5.76. The number of hydrogen-bond acceptors (Lipinski definition) is 3. The molecule has 1 atom stereocenters. The van der Waals surface area contributed by atoms with Crippen LogP contribution in [0, 0.1) is 0 Å². The molecule has 0 radical (unpaired) electrons. The van der Waals surface area contributed by atoms with Crippen LogP contribution < -0.4 is 0 Å². The SMILES string of the molecule is O=S(O)c1cc(S(=O)(=O)c2ccccc2)ccc1C(F)(F)F. The fraction of sp³-hybridized carbons (Fsp3) is 0.0769. The first kappa shape index (κ1) is 16.7. The van der Waals surface area contributed by atoms with Crippen molar-refractivity contribution in [2.75, 3.05) is 0 Å². The summed E-state index contributed by atoms with van der Waals surface area (Å²) in [5, 5.41) is 0. The fourth-order valence-electron chi connectivity index (χ4n) is 1.78. The lowest BCUT2D eigenvalue weighted by Gasteiger charge is -2.12. The Balaban J connectivity index is 2.64. The molecule has 1 N–H and O–H groups in total. The largest absolute Gasteiger partial charge is 0.417 e. The molecule has 9 heteroatoms.